The normalized spacial score (nSPS) is 12.4. The van der Waals surface area contributed by atoms with Gasteiger partial charge in [0.1, 0.15) is 19.3 Å². The van der Waals surface area contributed by atoms with Crippen molar-refractivity contribution in [2.45, 2.75) is 32.3 Å². The van der Waals surface area contributed by atoms with Crippen LogP contribution in [0.15, 0.2) is 61.2 Å². The van der Waals surface area contributed by atoms with E-state index in [0.29, 0.717) is 12.1 Å². The van der Waals surface area contributed by atoms with Crippen LogP contribution in [-0.2, 0) is 17.9 Å². The Balaban J connectivity index is 1.48. The van der Waals surface area contributed by atoms with E-state index >= 15 is 0 Å². The van der Waals surface area contributed by atoms with Crippen LogP contribution in [0, 0.1) is 0 Å². The molecule has 1 aromatic heterocycles. The standard InChI is InChI=1S/C22H24F3N5O2/c1-16(19-7-9-20(10-8-19)30-15-26-14-28-30)29(2)21(31)27-11-17-3-5-18(6-4-17)12-32-13-22(23,24)25/h3-10,14-16H,11-13H2,1-2H3,(H,27,31). The van der Waals surface area contributed by atoms with Crippen LogP contribution in [0.2, 0.25) is 0 Å². The summed E-state index contributed by atoms with van der Waals surface area (Å²) in [6, 6.07) is 14.2. The van der Waals surface area contributed by atoms with E-state index in [4.69, 9.17) is 0 Å². The van der Waals surface area contributed by atoms with E-state index in [2.05, 4.69) is 20.1 Å². The average Bonchev–Trinajstić information content (AvgIpc) is 3.31. The molecular formula is C22H24F3N5O2. The van der Waals surface area contributed by atoms with Gasteiger partial charge in [0.2, 0.25) is 0 Å². The smallest absolute Gasteiger partial charge is 0.367 e. The molecule has 0 aliphatic heterocycles. The number of carbonyl (C=O) groups is 1. The Bertz CT molecular complexity index is 990. The Morgan fingerprint density at radius 1 is 1.12 bits per heavy atom. The first kappa shape index (κ1) is 23.3. The van der Waals surface area contributed by atoms with Crippen LogP contribution in [0.3, 0.4) is 0 Å². The molecule has 3 rings (SSSR count). The molecule has 0 aliphatic carbocycles. The topological polar surface area (TPSA) is 72.3 Å². The fraction of sp³-hybridized carbons (Fsp3) is 0.318. The summed E-state index contributed by atoms with van der Waals surface area (Å²) in [4.78, 5) is 18.1. The molecular weight excluding hydrogens is 423 g/mol. The highest BCUT2D eigenvalue weighted by molar-refractivity contribution is 5.74. The largest absolute Gasteiger partial charge is 0.411 e. The number of amides is 2. The number of urea groups is 1. The summed E-state index contributed by atoms with van der Waals surface area (Å²) in [6.07, 6.45) is -1.27. The van der Waals surface area contributed by atoms with Gasteiger partial charge in [-0.25, -0.2) is 14.5 Å². The quantitative estimate of drug-likeness (QED) is 0.561. The molecule has 1 N–H and O–H groups in total. The number of carbonyl (C=O) groups excluding carboxylic acids is 1. The number of nitrogens with zero attached hydrogens (tertiary/aromatic N) is 4. The van der Waals surface area contributed by atoms with Crippen molar-refractivity contribution in [2.75, 3.05) is 13.7 Å². The van der Waals surface area contributed by atoms with Gasteiger partial charge in [-0.3, -0.25) is 0 Å². The van der Waals surface area contributed by atoms with E-state index in [1.807, 2.05) is 31.2 Å². The van der Waals surface area contributed by atoms with Gasteiger partial charge in [0.15, 0.2) is 0 Å². The number of hydrogen-bond acceptors (Lipinski definition) is 4. The fourth-order valence-electron chi connectivity index (χ4n) is 2.99. The Hall–Kier alpha value is -3.40. The van der Waals surface area contributed by atoms with E-state index < -0.39 is 12.8 Å². The van der Waals surface area contributed by atoms with Crippen LogP contribution < -0.4 is 5.32 Å². The molecule has 7 nitrogen and oxygen atoms in total. The van der Waals surface area contributed by atoms with Gasteiger partial charge >= 0.3 is 12.2 Å². The maximum Gasteiger partial charge on any atom is 0.411 e. The minimum absolute atomic E-state index is 0.123. The Morgan fingerprint density at radius 3 is 2.38 bits per heavy atom. The molecule has 2 amide bonds. The predicted molar refractivity (Wildman–Crippen MR) is 112 cm³/mol. The third-order valence-corrected chi connectivity index (χ3v) is 4.96. The van der Waals surface area contributed by atoms with Crippen molar-refractivity contribution in [1.82, 2.24) is 25.0 Å². The number of nitrogens with one attached hydrogen (secondary N) is 1. The lowest BCUT2D eigenvalue weighted by molar-refractivity contribution is -0.176. The molecule has 1 atom stereocenters. The van der Waals surface area contributed by atoms with Crippen LogP contribution in [-0.4, -0.2) is 45.5 Å². The zero-order valence-corrected chi connectivity index (χ0v) is 17.7. The van der Waals surface area contributed by atoms with Gasteiger partial charge in [-0.15, -0.1) is 0 Å². The first-order valence-electron chi connectivity index (χ1n) is 9.91. The third-order valence-electron chi connectivity index (χ3n) is 4.96. The SMILES string of the molecule is CC(c1ccc(-n2cncn2)cc1)N(C)C(=O)NCc1ccc(COCC(F)(F)F)cc1. The van der Waals surface area contributed by atoms with Gasteiger partial charge < -0.3 is 15.0 Å². The Kier molecular flexibility index (Phi) is 7.47. The van der Waals surface area contributed by atoms with Crippen molar-refractivity contribution in [3.8, 4) is 5.69 Å². The molecule has 32 heavy (non-hydrogen) atoms. The number of aromatic nitrogens is 3. The molecule has 0 saturated heterocycles. The van der Waals surface area contributed by atoms with Crippen LogP contribution in [0.1, 0.15) is 29.7 Å². The minimum atomic E-state index is -4.34. The molecule has 0 bridgehead atoms. The fourth-order valence-corrected chi connectivity index (χ4v) is 2.99. The summed E-state index contributed by atoms with van der Waals surface area (Å²) in [5, 5.41) is 6.94. The van der Waals surface area contributed by atoms with Gasteiger partial charge in [0.05, 0.1) is 18.3 Å². The van der Waals surface area contributed by atoms with Crippen LogP contribution in [0.25, 0.3) is 5.69 Å². The van der Waals surface area contributed by atoms with Gasteiger partial charge in [-0.05, 0) is 35.7 Å². The van der Waals surface area contributed by atoms with Crippen LogP contribution in [0.4, 0.5) is 18.0 Å². The molecule has 3 aromatic rings. The van der Waals surface area contributed by atoms with Crippen molar-refractivity contribution in [2.24, 2.45) is 0 Å². The molecule has 0 spiro atoms. The van der Waals surface area contributed by atoms with E-state index in [1.165, 1.54) is 6.33 Å². The number of rotatable bonds is 8. The number of halogens is 3. The second-order valence-corrected chi connectivity index (χ2v) is 7.30. The lowest BCUT2D eigenvalue weighted by Gasteiger charge is -2.26. The van der Waals surface area contributed by atoms with Crippen molar-refractivity contribution in [1.29, 1.82) is 0 Å². The Labute approximate surface area is 183 Å². The molecule has 0 saturated carbocycles. The second-order valence-electron chi connectivity index (χ2n) is 7.30. The predicted octanol–water partition coefficient (Wildman–Crippen LogP) is 4.25. The summed E-state index contributed by atoms with van der Waals surface area (Å²) in [6.45, 7) is 0.825. The molecule has 2 aromatic carbocycles. The monoisotopic (exact) mass is 447 g/mol. The van der Waals surface area contributed by atoms with E-state index in [9.17, 15) is 18.0 Å². The summed E-state index contributed by atoms with van der Waals surface area (Å²) >= 11 is 0. The molecule has 0 fully saturated rings. The van der Waals surface area contributed by atoms with Crippen molar-refractivity contribution >= 4 is 6.03 Å². The van der Waals surface area contributed by atoms with Gasteiger partial charge in [-0.2, -0.15) is 18.3 Å². The highest BCUT2D eigenvalue weighted by Gasteiger charge is 2.27. The molecule has 10 heteroatoms. The number of hydrogen-bond donors (Lipinski definition) is 1. The zero-order valence-electron chi connectivity index (χ0n) is 17.7. The van der Waals surface area contributed by atoms with Gasteiger partial charge in [-0.1, -0.05) is 36.4 Å². The Morgan fingerprint density at radius 2 is 1.78 bits per heavy atom. The third kappa shape index (κ3) is 6.55. The molecule has 1 heterocycles. The zero-order chi connectivity index (χ0) is 23.1. The van der Waals surface area contributed by atoms with E-state index in [-0.39, 0.29) is 18.7 Å². The van der Waals surface area contributed by atoms with Crippen LogP contribution >= 0.6 is 0 Å². The van der Waals surface area contributed by atoms with Crippen LogP contribution in [0.5, 0.6) is 0 Å². The lowest BCUT2D eigenvalue weighted by atomic mass is 10.1. The first-order valence-corrected chi connectivity index (χ1v) is 9.91. The highest BCUT2D eigenvalue weighted by Crippen LogP contribution is 2.20. The summed E-state index contributed by atoms with van der Waals surface area (Å²) in [7, 11) is 1.71. The molecule has 170 valence electrons. The maximum atomic E-state index is 12.6. The summed E-state index contributed by atoms with van der Waals surface area (Å²) in [5.41, 5.74) is 3.30. The second kappa shape index (κ2) is 10.3. The lowest BCUT2D eigenvalue weighted by Crippen LogP contribution is -2.38. The van der Waals surface area contributed by atoms with Gasteiger partial charge in [0.25, 0.3) is 0 Å². The maximum absolute atomic E-state index is 12.6. The number of benzene rings is 2. The van der Waals surface area contributed by atoms with Crippen molar-refractivity contribution in [3.05, 3.63) is 77.9 Å². The van der Waals surface area contributed by atoms with E-state index in [1.54, 1.807) is 47.2 Å². The molecule has 1 unspecified atom stereocenters. The first-order chi connectivity index (χ1) is 15.2. The number of alkyl halides is 3. The molecule has 0 radical (unpaired) electrons. The van der Waals surface area contributed by atoms with Crippen molar-refractivity contribution in [3.63, 3.8) is 0 Å². The van der Waals surface area contributed by atoms with Crippen molar-refractivity contribution < 1.29 is 22.7 Å². The average molecular weight is 447 g/mol. The van der Waals surface area contributed by atoms with E-state index in [0.717, 1.165) is 16.8 Å². The number of ether oxygens (including phenoxy) is 1. The highest BCUT2D eigenvalue weighted by atomic mass is 19.4. The van der Waals surface area contributed by atoms with Gasteiger partial charge in [0, 0.05) is 13.6 Å². The summed E-state index contributed by atoms with van der Waals surface area (Å²) < 4.78 is 42.7. The molecule has 0 aliphatic rings. The summed E-state index contributed by atoms with van der Waals surface area (Å²) in [5.74, 6) is 0. The minimum Gasteiger partial charge on any atom is -0.367 e.